The average molecular weight is 516 g/mol. The highest BCUT2D eigenvalue weighted by Gasteiger charge is 2.14. The molecule has 1 aliphatic heterocycles. The fourth-order valence-electron chi connectivity index (χ4n) is 3.72. The van der Waals surface area contributed by atoms with Gasteiger partial charge in [0.2, 0.25) is 5.91 Å². The summed E-state index contributed by atoms with van der Waals surface area (Å²) in [6.45, 7) is 6.80. The quantitative estimate of drug-likeness (QED) is 0.243. The lowest BCUT2D eigenvalue weighted by atomic mass is 10.1. The number of fused-ring (bicyclic) bond motifs is 1. The molecular weight excluding hydrogens is 482 g/mol. The minimum Gasteiger partial charge on any atom is -0.506 e. The fourth-order valence-corrected chi connectivity index (χ4v) is 3.72. The Morgan fingerprint density at radius 3 is 2.74 bits per heavy atom. The van der Waals surface area contributed by atoms with Gasteiger partial charge in [0.05, 0.1) is 29.1 Å². The van der Waals surface area contributed by atoms with E-state index < -0.39 is 5.91 Å². The number of likely N-dealkylation sites (N-methyl/N-ethyl adjacent to an activating group) is 1. The van der Waals surface area contributed by atoms with Gasteiger partial charge in [-0.15, -0.1) is 0 Å². The Balaban J connectivity index is 0.000000715. The Morgan fingerprint density at radius 2 is 2.08 bits per heavy atom. The summed E-state index contributed by atoms with van der Waals surface area (Å²) in [6, 6.07) is 12.7. The summed E-state index contributed by atoms with van der Waals surface area (Å²) in [5.74, 6) is -0.557. The zero-order valence-electron chi connectivity index (χ0n) is 21.5. The maximum atomic E-state index is 12.3. The summed E-state index contributed by atoms with van der Waals surface area (Å²) >= 11 is 0. The molecule has 4 N–H and O–H groups in total. The number of hydrogen-bond acceptors (Lipinski definition) is 8. The third kappa shape index (κ3) is 8.15. The number of aromatic hydroxyl groups is 1. The van der Waals surface area contributed by atoms with Crippen molar-refractivity contribution in [2.75, 3.05) is 50.6 Å². The van der Waals surface area contributed by atoms with E-state index >= 15 is 0 Å². The van der Waals surface area contributed by atoms with Crippen LogP contribution in [0, 0.1) is 11.3 Å². The Bertz CT molecular complexity index is 1320. The van der Waals surface area contributed by atoms with Crippen LogP contribution in [0.4, 0.5) is 17.1 Å². The van der Waals surface area contributed by atoms with Crippen LogP contribution in [-0.2, 0) is 9.53 Å². The lowest BCUT2D eigenvalue weighted by Crippen LogP contribution is -2.22. The van der Waals surface area contributed by atoms with E-state index in [-0.39, 0.29) is 18.0 Å². The maximum Gasteiger partial charge on any atom is 0.248 e. The van der Waals surface area contributed by atoms with E-state index in [9.17, 15) is 15.2 Å². The van der Waals surface area contributed by atoms with E-state index in [4.69, 9.17) is 9.84 Å². The first-order valence-electron chi connectivity index (χ1n) is 12.3. The zero-order chi connectivity index (χ0) is 27.3. The Kier molecular flexibility index (Phi) is 10.8. The fraction of sp³-hybridized carbons (Fsp3) is 0.276. The number of hydrogen-bond donors (Lipinski definition) is 4. The van der Waals surface area contributed by atoms with Crippen molar-refractivity contribution in [2.24, 2.45) is 0 Å². The van der Waals surface area contributed by atoms with E-state index in [2.05, 4.69) is 28.3 Å². The number of amides is 1. The highest BCUT2D eigenvalue weighted by Crippen LogP contribution is 2.35. The summed E-state index contributed by atoms with van der Waals surface area (Å²) in [4.78, 5) is 18.5. The molecule has 198 valence electrons. The van der Waals surface area contributed by atoms with Crippen molar-refractivity contribution in [1.82, 2.24) is 9.88 Å². The minimum absolute atomic E-state index is 0.0362. The van der Waals surface area contributed by atoms with Crippen molar-refractivity contribution in [3.8, 4) is 11.8 Å². The molecule has 0 radical (unpaired) electrons. The van der Waals surface area contributed by atoms with Crippen LogP contribution in [0.2, 0.25) is 0 Å². The maximum absolute atomic E-state index is 12.3. The molecule has 1 fully saturated rings. The van der Waals surface area contributed by atoms with E-state index in [1.807, 2.05) is 36.2 Å². The van der Waals surface area contributed by atoms with E-state index in [0.717, 1.165) is 24.5 Å². The first-order valence-corrected chi connectivity index (χ1v) is 12.3. The smallest absolute Gasteiger partial charge is 0.248 e. The van der Waals surface area contributed by atoms with Crippen molar-refractivity contribution >= 4 is 39.9 Å². The van der Waals surface area contributed by atoms with Gasteiger partial charge in [-0.25, -0.2) is 0 Å². The van der Waals surface area contributed by atoms with Crippen molar-refractivity contribution < 1.29 is 19.7 Å². The summed E-state index contributed by atoms with van der Waals surface area (Å²) in [5.41, 5.74) is 3.17. The molecule has 0 bridgehead atoms. The SMILES string of the molecule is C1CCOC1.C=Cc1cccc(Nc2c(C#N)cnc3cc(O)c(NC(=O)/C=C/CN(C)CCO)cc23)c1. The average Bonchev–Trinajstić information content (AvgIpc) is 3.50. The number of aliphatic hydroxyl groups is 1. The van der Waals surface area contributed by atoms with Gasteiger partial charge in [-0.05, 0) is 43.7 Å². The van der Waals surface area contributed by atoms with Crippen LogP contribution >= 0.6 is 0 Å². The largest absolute Gasteiger partial charge is 0.506 e. The summed E-state index contributed by atoms with van der Waals surface area (Å²) in [5, 5.41) is 35.4. The van der Waals surface area contributed by atoms with Gasteiger partial charge >= 0.3 is 0 Å². The Morgan fingerprint density at radius 1 is 1.29 bits per heavy atom. The number of pyridine rings is 1. The number of carbonyl (C=O) groups excluding carboxylic acids is 1. The number of phenolic OH excluding ortho intramolecular Hbond substituents is 1. The number of nitrogens with zero attached hydrogens (tertiary/aromatic N) is 3. The van der Waals surface area contributed by atoms with Crippen molar-refractivity contribution in [3.05, 3.63) is 72.5 Å². The normalized spacial score (nSPS) is 12.7. The van der Waals surface area contributed by atoms with Crippen LogP contribution in [0.1, 0.15) is 24.0 Å². The molecule has 1 aliphatic rings. The number of phenols is 1. The van der Waals surface area contributed by atoms with Gasteiger partial charge in [-0.3, -0.25) is 9.78 Å². The molecule has 0 aliphatic carbocycles. The zero-order valence-corrected chi connectivity index (χ0v) is 21.5. The Hall–Kier alpha value is -4.23. The predicted molar refractivity (Wildman–Crippen MR) is 150 cm³/mol. The molecule has 1 aromatic heterocycles. The molecule has 1 saturated heterocycles. The second-order valence-electron chi connectivity index (χ2n) is 8.70. The molecule has 9 heteroatoms. The van der Waals surface area contributed by atoms with Crippen LogP contribution in [0.15, 0.2) is 61.3 Å². The highest BCUT2D eigenvalue weighted by molar-refractivity contribution is 6.04. The summed E-state index contributed by atoms with van der Waals surface area (Å²) in [7, 11) is 1.83. The van der Waals surface area contributed by atoms with Gasteiger partial charge < -0.3 is 30.5 Å². The van der Waals surface area contributed by atoms with Crippen molar-refractivity contribution in [1.29, 1.82) is 5.26 Å². The topological polar surface area (TPSA) is 131 Å². The van der Waals surface area contributed by atoms with Crippen molar-refractivity contribution in [2.45, 2.75) is 12.8 Å². The number of aliphatic hydroxyl groups excluding tert-OH is 1. The first kappa shape index (κ1) is 28.3. The number of aromatic nitrogens is 1. The van der Waals surface area contributed by atoms with Crippen LogP contribution < -0.4 is 10.6 Å². The number of anilines is 3. The lowest BCUT2D eigenvalue weighted by Gasteiger charge is -2.14. The standard InChI is InChI=1S/C25H25N5O3.C4H8O/c1-3-17-6-4-7-19(12-17)28-25-18(15-26)16-27-21-14-23(32)22(13-20(21)25)29-24(33)8-5-9-30(2)10-11-31;1-2-4-5-3-1/h3-8,12-14,16,31-32H,1,9-11H2,2H3,(H,27,28)(H,29,33);1-4H2/b8-5+;. The minimum atomic E-state index is -0.417. The Labute approximate surface area is 222 Å². The van der Waals surface area contributed by atoms with Gasteiger partial charge in [0.1, 0.15) is 11.8 Å². The highest BCUT2D eigenvalue weighted by atomic mass is 16.5. The van der Waals surface area contributed by atoms with Gasteiger partial charge in [0.25, 0.3) is 0 Å². The molecular formula is C29H33N5O4. The molecule has 4 rings (SSSR count). The lowest BCUT2D eigenvalue weighted by molar-refractivity contribution is -0.111. The van der Waals surface area contributed by atoms with Gasteiger partial charge in [-0.2, -0.15) is 5.26 Å². The van der Waals surface area contributed by atoms with E-state index in [0.29, 0.717) is 35.2 Å². The molecule has 1 amide bonds. The molecule has 9 nitrogen and oxygen atoms in total. The van der Waals surface area contributed by atoms with Crippen LogP contribution in [0.3, 0.4) is 0 Å². The van der Waals surface area contributed by atoms with Gasteiger partial charge in [0.15, 0.2) is 0 Å². The van der Waals surface area contributed by atoms with Gasteiger partial charge in [-0.1, -0.05) is 30.9 Å². The third-order valence-corrected chi connectivity index (χ3v) is 5.75. The summed E-state index contributed by atoms with van der Waals surface area (Å²) in [6.07, 6.45) is 8.74. The van der Waals surface area contributed by atoms with Crippen LogP contribution in [0.5, 0.6) is 5.75 Å². The number of ether oxygens (including phenoxy) is 1. The monoisotopic (exact) mass is 515 g/mol. The first-order chi connectivity index (χ1) is 18.4. The molecule has 0 spiro atoms. The molecule has 2 aromatic carbocycles. The molecule has 0 unspecified atom stereocenters. The number of rotatable bonds is 9. The second-order valence-corrected chi connectivity index (χ2v) is 8.70. The van der Waals surface area contributed by atoms with E-state index in [1.54, 1.807) is 18.2 Å². The number of benzene rings is 2. The third-order valence-electron chi connectivity index (χ3n) is 5.75. The molecule has 0 atom stereocenters. The van der Waals surface area contributed by atoms with Crippen LogP contribution in [-0.4, -0.2) is 66.0 Å². The van der Waals surface area contributed by atoms with Crippen LogP contribution in [0.25, 0.3) is 17.0 Å². The molecule has 2 heterocycles. The number of nitriles is 1. The second kappa shape index (κ2) is 14.5. The van der Waals surface area contributed by atoms with Crippen molar-refractivity contribution in [3.63, 3.8) is 0 Å². The van der Waals surface area contributed by atoms with Gasteiger partial charge in [0, 0.05) is 55.7 Å². The predicted octanol–water partition coefficient (Wildman–Crippen LogP) is 4.41. The molecule has 0 saturated carbocycles. The van der Waals surface area contributed by atoms with E-state index in [1.165, 1.54) is 31.2 Å². The number of carbonyl (C=O) groups is 1. The molecule has 3 aromatic rings. The summed E-state index contributed by atoms with van der Waals surface area (Å²) < 4.78 is 4.94. The molecule has 38 heavy (non-hydrogen) atoms. The number of nitrogens with one attached hydrogen (secondary N) is 2.